The summed E-state index contributed by atoms with van der Waals surface area (Å²) in [4.78, 5) is 33.2. The number of carbonyl (C=O) groups excluding carboxylic acids is 1. The predicted octanol–water partition coefficient (Wildman–Crippen LogP) is 2.74. The third-order valence-electron chi connectivity index (χ3n) is 3.44. The standard InChI is InChI=1S/C18H25NO8/c1-2-3-16(20)14-4-6-15(7-5-14)27-13-12-26-11-10-25-9-8-19(17(21)22)18(23)24/h4-7H,2-3,8-13H2,1H3,(H,21,22)(H,23,24). The third kappa shape index (κ3) is 9.02. The maximum atomic E-state index is 11.7. The highest BCUT2D eigenvalue weighted by Crippen LogP contribution is 2.14. The Labute approximate surface area is 157 Å². The lowest BCUT2D eigenvalue weighted by Crippen LogP contribution is -2.37. The fourth-order valence-corrected chi connectivity index (χ4v) is 2.08. The van der Waals surface area contributed by atoms with Crippen LogP contribution in [0.25, 0.3) is 0 Å². The van der Waals surface area contributed by atoms with Crippen molar-refractivity contribution in [3.63, 3.8) is 0 Å². The maximum absolute atomic E-state index is 11.7. The van der Waals surface area contributed by atoms with Crippen molar-refractivity contribution in [2.24, 2.45) is 0 Å². The maximum Gasteiger partial charge on any atom is 0.416 e. The van der Waals surface area contributed by atoms with Gasteiger partial charge in [-0.2, -0.15) is 0 Å². The largest absolute Gasteiger partial charge is 0.491 e. The molecule has 0 saturated carbocycles. The Morgan fingerprint density at radius 3 is 2.00 bits per heavy atom. The van der Waals surface area contributed by atoms with Crippen LogP contribution in [-0.4, -0.2) is 72.7 Å². The lowest BCUT2D eigenvalue weighted by molar-refractivity contribution is 0.0301. The van der Waals surface area contributed by atoms with Crippen LogP contribution >= 0.6 is 0 Å². The second-order valence-corrected chi connectivity index (χ2v) is 5.49. The minimum atomic E-state index is -1.54. The number of carbonyl (C=O) groups is 3. The zero-order valence-electron chi connectivity index (χ0n) is 15.3. The fraction of sp³-hybridized carbons (Fsp3) is 0.500. The molecule has 1 aromatic rings. The van der Waals surface area contributed by atoms with Gasteiger partial charge >= 0.3 is 12.2 Å². The molecule has 0 spiro atoms. The van der Waals surface area contributed by atoms with Gasteiger partial charge in [-0.3, -0.25) is 4.79 Å². The molecule has 0 bridgehead atoms. The zero-order valence-corrected chi connectivity index (χ0v) is 15.3. The molecule has 9 heteroatoms. The van der Waals surface area contributed by atoms with Crippen LogP contribution in [-0.2, 0) is 9.47 Å². The fourth-order valence-electron chi connectivity index (χ4n) is 2.08. The molecule has 0 heterocycles. The van der Waals surface area contributed by atoms with E-state index in [4.69, 9.17) is 24.4 Å². The summed E-state index contributed by atoms with van der Waals surface area (Å²) in [5, 5.41) is 17.3. The number of rotatable bonds is 13. The molecule has 0 aliphatic heterocycles. The monoisotopic (exact) mass is 383 g/mol. The van der Waals surface area contributed by atoms with E-state index in [0.29, 0.717) is 30.9 Å². The van der Waals surface area contributed by atoms with Crippen LogP contribution in [0.15, 0.2) is 24.3 Å². The van der Waals surface area contributed by atoms with Crippen molar-refractivity contribution in [3.8, 4) is 5.75 Å². The Balaban J connectivity index is 2.08. The lowest BCUT2D eigenvalue weighted by atomic mass is 10.1. The van der Waals surface area contributed by atoms with Crippen molar-refractivity contribution in [1.29, 1.82) is 0 Å². The summed E-state index contributed by atoms with van der Waals surface area (Å²) in [6.07, 6.45) is -1.74. The first-order chi connectivity index (χ1) is 13.0. The van der Waals surface area contributed by atoms with E-state index in [1.165, 1.54) is 0 Å². The molecule has 27 heavy (non-hydrogen) atoms. The van der Waals surface area contributed by atoms with E-state index in [1.54, 1.807) is 24.3 Å². The van der Waals surface area contributed by atoms with Crippen LogP contribution in [0.5, 0.6) is 5.75 Å². The summed E-state index contributed by atoms with van der Waals surface area (Å²) in [5.74, 6) is 0.757. The molecule has 0 aromatic heterocycles. The van der Waals surface area contributed by atoms with E-state index in [2.05, 4.69) is 0 Å². The van der Waals surface area contributed by atoms with Gasteiger partial charge in [0.25, 0.3) is 0 Å². The molecule has 9 nitrogen and oxygen atoms in total. The summed E-state index contributed by atoms with van der Waals surface area (Å²) in [6, 6.07) is 6.95. The van der Waals surface area contributed by atoms with Crippen molar-refractivity contribution in [3.05, 3.63) is 29.8 Å². The molecular formula is C18H25NO8. The summed E-state index contributed by atoms with van der Waals surface area (Å²) < 4.78 is 15.9. The van der Waals surface area contributed by atoms with Crippen LogP contribution in [0.4, 0.5) is 9.59 Å². The highest BCUT2D eigenvalue weighted by Gasteiger charge is 2.18. The first kappa shape index (κ1) is 22.4. The van der Waals surface area contributed by atoms with Gasteiger partial charge in [-0.05, 0) is 30.7 Å². The predicted molar refractivity (Wildman–Crippen MR) is 95.6 cm³/mol. The number of carboxylic acid groups (broad SMARTS) is 2. The number of imide groups is 1. The van der Waals surface area contributed by atoms with E-state index < -0.39 is 12.2 Å². The van der Waals surface area contributed by atoms with Crippen LogP contribution in [0.1, 0.15) is 30.1 Å². The Morgan fingerprint density at radius 1 is 0.889 bits per heavy atom. The second-order valence-electron chi connectivity index (χ2n) is 5.49. The average molecular weight is 383 g/mol. The third-order valence-corrected chi connectivity index (χ3v) is 3.44. The number of Topliss-reactive ketones (excluding diaryl/α,β-unsaturated/α-hetero) is 1. The van der Waals surface area contributed by atoms with E-state index in [0.717, 1.165) is 6.42 Å². The topological polar surface area (TPSA) is 123 Å². The van der Waals surface area contributed by atoms with Crippen LogP contribution in [0, 0.1) is 0 Å². The molecule has 0 fully saturated rings. The minimum Gasteiger partial charge on any atom is -0.491 e. The first-order valence-electron chi connectivity index (χ1n) is 8.60. The molecule has 0 aliphatic carbocycles. The van der Waals surface area contributed by atoms with Gasteiger partial charge in [0.1, 0.15) is 12.4 Å². The molecule has 0 atom stereocenters. The molecule has 0 saturated heterocycles. The summed E-state index contributed by atoms with van der Waals surface area (Å²) in [5.41, 5.74) is 0.668. The number of hydrogen-bond acceptors (Lipinski definition) is 6. The minimum absolute atomic E-state index is 0.0401. The molecule has 0 aliphatic rings. The second kappa shape index (κ2) is 12.7. The number of hydrogen-bond donors (Lipinski definition) is 2. The molecular weight excluding hydrogens is 358 g/mol. The Kier molecular flexibility index (Phi) is 10.5. The highest BCUT2D eigenvalue weighted by molar-refractivity contribution is 5.96. The molecule has 2 amide bonds. The van der Waals surface area contributed by atoms with Gasteiger partial charge < -0.3 is 24.4 Å². The molecule has 2 N–H and O–H groups in total. The van der Waals surface area contributed by atoms with E-state index >= 15 is 0 Å². The van der Waals surface area contributed by atoms with Crippen LogP contribution in [0.3, 0.4) is 0 Å². The van der Waals surface area contributed by atoms with Gasteiger partial charge in [-0.1, -0.05) is 6.92 Å². The summed E-state index contributed by atoms with van der Waals surface area (Å²) in [6.45, 7) is 2.80. The smallest absolute Gasteiger partial charge is 0.416 e. The van der Waals surface area contributed by atoms with E-state index in [9.17, 15) is 14.4 Å². The van der Waals surface area contributed by atoms with Gasteiger partial charge in [0.05, 0.1) is 33.0 Å². The van der Waals surface area contributed by atoms with Gasteiger partial charge in [-0.15, -0.1) is 0 Å². The van der Waals surface area contributed by atoms with Crippen LogP contribution < -0.4 is 4.74 Å². The van der Waals surface area contributed by atoms with E-state index in [-0.39, 0.29) is 37.0 Å². The van der Waals surface area contributed by atoms with Crippen molar-refractivity contribution < 1.29 is 38.8 Å². The normalized spacial score (nSPS) is 10.4. The van der Waals surface area contributed by atoms with E-state index in [1.807, 2.05) is 6.92 Å². The van der Waals surface area contributed by atoms with Gasteiger partial charge in [0.15, 0.2) is 5.78 Å². The Bertz CT molecular complexity index is 588. The zero-order chi connectivity index (χ0) is 20.1. The van der Waals surface area contributed by atoms with Crippen molar-refractivity contribution >= 4 is 18.0 Å². The Morgan fingerprint density at radius 2 is 1.44 bits per heavy atom. The van der Waals surface area contributed by atoms with Crippen molar-refractivity contribution in [2.75, 3.05) is 39.6 Å². The molecule has 150 valence electrons. The number of ether oxygens (including phenoxy) is 3. The number of amides is 2. The summed E-state index contributed by atoms with van der Waals surface area (Å²) >= 11 is 0. The molecule has 1 rings (SSSR count). The molecule has 0 radical (unpaired) electrons. The first-order valence-corrected chi connectivity index (χ1v) is 8.60. The quantitative estimate of drug-likeness (QED) is 0.394. The Hall–Kier alpha value is -2.65. The SMILES string of the molecule is CCCC(=O)c1ccc(OCCOCCOCCN(C(=O)O)C(=O)O)cc1. The molecule has 0 unspecified atom stereocenters. The number of ketones is 1. The number of benzene rings is 1. The number of nitrogens with zero attached hydrogens (tertiary/aromatic N) is 1. The lowest BCUT2D eigenvalue weighted by Gasteiger charge is -2.13. The van der Waals surface area contributed by atoms with Gasteiger partial charge in [0.2, 0.25) is 0 Å². The van der Waals surface area contributed by atoms with Crippen LogP contribution in [0.2, 0.25) is 0 Å². The highest BCUT2D eigenvalue weighted by atomic mass is 16.5. The summed E-state index contributed by atoms with van der Waals surface area (Å²) in [7, 11) is 0. The molecule has 1 aromatic carbocycles. The van der Waals surface area contributed by atoms with Crippen molar-refractivity contribution in [1.82, 2.24) is 4.90 Å². The average Bonchev–Trinajstić information content (AvgIpc) is 2.63. The van der Waals surface area contributed by atoms with Gasteiger partial charge in [-0.25, -0.2) is 14.5 Å². The van der Waals surface area contributed by atoms with Crippen molar-refractivity contribution in [2.45, 2.75) is 19.8 Å². The van der Waals surface area contributed by atoms with Gasteiger partial charge in [0, 0.05) is 12.0 Å².